The molecule has 3 nitrogen and oxygen atoms in total. The van der Waals surface area contributed by atoms with Gasteiger partial charge in [-0.3, -0.25) is 0 Å². The highest BCUT2D eigenvalue weighted by Crippen LogP contribution is 2.47. The normalized spacial score (nSPS) is 11.6. The van der Waals surface area contributed by atoms with Crippen molar-refractivity contribution in [1.82, 2.24) is 4.57 Å². The molecule has 286 valence electrons. The average Bonchev–Trinajstić information content (AvgIpc) is 3.88. The van der Waals surface area contributed by atoms with E-state index in [1.807, 2.05) is 12.1 Å². The van der Waals surface area contributed by atoms with Crippen molar-refractivity contribution < 1.29 is 4.42 Å². The van der Waals surface area contributed by atoms with Gasteiger partial charge in [0.1, 0.15) is 11.2 Å². The molecule has 0 atom stereocenters. The van der Waals surface area contributed by atoms with Crippen LogP contribution in [0.4, 0.5) is 17.1 Å². The van der Waals surface area contributed by atoms with Gasteiger partial charge < -0.3 is 13.9 Å². The first-order valence-corrected chi connectivity index (χ1v) is 20.8. The third-order valence-electron chi connectivity index (χ3n) is 12.2. The Bertz CT molecular complexity index is 3580. The highest BCUT2D eigenvalue weighted by atomic mass is 16.3. The van der Waals surface area contributed by atoms with E-state index in [1.54, 1.807) is 0 Å². The van der Waals surface area contributed by atoms with Crippen LogP contribution in [0, 0.1) is 0 Å². The minimum atomic E-state index is 0.900. The largest absolute Gasteiger partial charge is 0.455 e. The number of para-hydroxylation sites is 4. The molecule has 2 aromatic heterocycles. The molecular weight excluding hydrogens is 741 g/mol. The second-order valence-corrected chi connectivity index (χ2v) is 15.6. The molecule has 2 heterocycles. The Morgan fingerprint density at radius 2 is 0.967 bits per heavy atom. The number of anilines is 3. The van der Waals surface area contributed by atoms with E-state index in [-0.39, 0.29) is 0 Å². The number of benzene rings is 10. The Morgan fingerprint density at radius 1 is 0.361 bits per heavy atom. The van der Waals surface area contributed by atoms with Gasteiger partial charge in [0.05, 0.1) is 22.4 Å². The minimum absolute atomic E-state index is 0.900. The van der Waals surface area contributed by atoms with E-state index in [1.165, 1.54) is 49.3 Å². The predicted octanol–water partition coefficient (Wildman–Crippen LogP) is 16.3. The summed E-state index contributed by atoms with van der Waals surface area (Å²) < 4.78 is 8.95. The first-order valence-electron chi connectivity index (χ1n) is 20.8. The lowest BCUT2D eigenvalue weighted by Gasteiger charge is -2.29. The molecule has 0 bridgehead atoms. The van der Waals surface area contributed by atoms with Crippen molar-refractivity contribution in [2.24, 2.45) is 0 Å². The van der Waals surface area contributed by atoms with Crippen LogP contribution in [-0.4, -0.2) is 4.57 Å². The van der Waals surface area contributed by atoms with E-state index in [0.717, 1.165) is 61.3 Å². The maximum absolute atomic E-state index is 6.50. The summed E-state index contributed by atoms with van der Waals surface area (Å²) in [7, 11) is 0. The first kappa shape index (κ1) is 34.9. The molecule has 3 heteroatoms. The van der Waals surface area contributed by atoms with E-state index in [9.17, 15) is 0 Å². The molecule has 0 fully saturated rings. The van der Waals surface area contributed by atoms with Crippen molar-refractivity contribution in [3.8, 4) is 39.1 Å². The number of hydrogen-bond donors (Lipinski definition) is 0. The van der Waals surface area contributed by atoms with E-state index < -0.39 is 0 Å². The highest BCUT2D eigenvalue weighted by Gasteiger charge is 2.23. The van der Waals surface area contributed by atoms with Crippen molar-refractivity contribution in [3.05, 3.63) is 231 Å². The first-order chi connectivity index (χ1) is 30.3. The Labute approximate surface area is 353 Å². The number of hydrogen-bond acceptors (Lipinski definition) is 2. The van der Waals surface area contributed by atoms with E-state index in [2.05, 4.69) is 228 Å². The third kappa shape index (κ3) is 5.74. The quantitative estimate of drug-likeness (QED) is 0.161. The van der Waals surface area contributed by atoms with Gasteiger partial charge in [0, 0.05) is 49.6 Å². The van der Waals surface area contributed by atoms with Crippen LogP contribution in [0.5, 0.6) is 0 Å². The van der Waals surface area contributed by atoms with E-state index in [4.69, 9.17) is 4.42 Å². The summed E-state index contributed by atoms with van der Waals surface area (Å²) in [5.41, 5.74) is 15.4. The second kappa shape index (κ2) is 14.3. The van der Waals surface area contributed by atoms with Gasteiger partial charge in [0.2, 0.25) is 0 Å². The monoisotopic (exact) mass is 778 g/mol. The van der Waals surface area contributed by atoms with Crippen molar-refractivity contribution in [3.63, 3.8) is 0 Å². The smallest absolute Gasteiger partial charge is 0.143 e. The van der Waals surface area contributed by atoms with Gasteiger partial charge in [-0.05, 0) is 76.0 Å². The summed E-state index contributed by atoms with van der Waals surface area (Å²) in [4.78, 5) is 2.44. The Balaban J connectivity index is 1.11. The summed E-state index contributed by atoms with van der Waals surface area (Å²) in [5, 5.41) is 7.09. The van der Waals surface area contributed by atoms with Crippen LogP contribution in [0.1, 0.15) is 0 Å². The zero-order valence-corrected chi connectivity index (χ0v) is 33.2. The van der Waals surface area contributed by atoms with Gasteiger partial charge in [-0.15, -0.1) is 0 Å². The summed E-state index contributed by atoms with van der Waals surface area (Å²) in [6.07, 6.45) is 0. The van der Waals surface area contributed by atoms with E-state index in [0.29, 0.717) is 0 Å². The summed E-state index contributed by atoms with van der Waals surface area (Å²) >= 11 is 0. The molecule has 0 saturated heterocycles. The molecule has 61 heavy (non-hydrogen) atoms. The van der Waals surface area contributed by atoms with Crippen LogP contribution in [0.2, 0.25) is 0 Å². The molecule has 0 saturated carbocycles. The average molecular weight is 779 g/mol. The van der Waals surface area contributed by atoms with Crippen LogP contribution in [0.15, 0.2) is 235 Å². The lowest BCUT2D eigenvalue weighted by atomic mass is 9.95. The third-order valence-corrected chi connectivity index (χ3v) is 12.2. The molecule has 0 spiro atoms. The minimum Gasteiger partial charge on any atom is -0.455 e. The molecule has 0 radical (unpaired) electrons. The molecule has 0 N–H and O–H groups in total. The fourth-order valence-electron chi connectivity index (χ4n) is 9.43. The number of furan rings is 1. The van der Waals surface area contributed by atoms with E-state index >= 15 is 0 Å². The van der Waals surface area contributed by atoms with Crippen LogP contribution in [0.25, 0.3) is 93.6 Å². The summed E-state index contributed by atoms with van der Waals surface area (Å²) in [5.74, 6) is 0. The van der Waals surface area contributed by atoms with Crippen molar-refractivity contribution in [2.75, 3.05) is 4.90 Å². The van der Waals surface area contributed by atoms with Crippen molar-refractivity contribution >= 4 is 71.6 Å². The Kier molecular flexibility index (Phi) is 8.17. The van der Waals surface area contributed by atoms with Crippen molar-refractivity contribution in [2.45, 2.75) is 0 Å². The SMILES string of the molecule is c1ccc(-c2ccccc2-n2c3ccccc3c3ccc(N(c4ccc(-c5cccc6c5oc5ccccc56)cc4)c4ccc5ccccc5c4-c4ccccc4)cc32)cc1. The van der Waals surface area contributed by atoms with Crippen molar-refractivity contribution in [1.29, 1.82) is 0 Å². The summed E-state index contributed by atoms with van der Waals surface area (Å²) in [6.45, 7) is 0. The second-order valence-electron chi connectivity index (χ2n) is 15.6. The zero-order valence-electron chi connectivity index (χ0n) is 33.2. The lowest BCUT2D eigenvalue weighted by molar-refractivity contribution is 0.670. The molecule has 12 aromatic rings. The van der Waals surface area contributed by atoms with Crippen LogP contribution < -0.4 is 4.90 Å². The molecule has 10 aromatic carbocycles. The van der Waals surface area contributed by atoms with Crippen LogP contribution in [-0.2, 0) is 0 Å². The Hall–Kier alpha value is -8.14. The number of aromatic nitrogens is 1. The van der Waals surface area contributed by atoms with Gasteiger partial charge >= 0.3 is 0 Å². The number of nitrogens with zero attached hydrogens (tertiary/aromatic N) is 2. The predicted molar refractivity (Wildman–Crippen MR) is 257 cm³/mol. The fourth-order valence-corrected chi connectivity index (χ4v) is 9.43. The highest BCUT2D eigenvalue weighted by molar-refractivity contribution is 6.12. The van der Waals surface area contributed by atoms with Gasteiger partial charge in [0.25, 0.3) is 0 Å². The fraction of sp³-hybridized carbons (Fsp3) is 0. The molecular formula is C58H38N2O. The molecule has 0 amide bonds. The number of fused-ring (bicyclic) bond motifs is 7. The summed E-state index contributed by atoms with van der Waals surface area (Å²) in [6, 6.07) is 83.0. The zero-order chi connectivity index (χ0) is 40.3. The Morgan fingerprint density at radius 3 is 1.80 bits per heavy atom. The van der Waals surface area contributed by atoms with Gasteiger partial charge in [0.15, 0.2) is 0 Å². The standard InChI is InChI=1S/C58H38N2O/c1-3-16-39(17-4-1)45-21-9-12-27-52(45)60-53-28-13-10-23-48(53)49-36-35-44(38-55(49)60)59(54-37-32-40-18-7-8-22-46(40)57(54)42-19-5-2-6-20-42)43-33-30-41(31-34-43)47-25-15-26-51-50-24-11-14-29-56(50)61-58(47)51/h1-38H. The van der Waals surface area contributed by atoms with Crippen LogP contribution in [0.3, 0.4) is 0 Å². The lowest BCUT2D eigenvalue weighted by Crippen LogP contribution is -2.11. The maximum Gasteiger partial charge on any atom is 0.143 e. The van der Waals surface area contributed by atoms with Gasteiger partial charge in [-0.2, -0.15) is 0 Å². The number of rotatable bonds is 7. The molecule has 0 unspecified atom stereocenters. The van der Waals surface area contributed by atoms with Gasteiger partial charge in [-0.1, -0.05) is 182 Å². The molecule has 0 aliphatic heterocycles. The molecule has 12 rings (SSSR count). The molecule has 0 aliphatic carbocycles. The van der Waals surface area contributed by atoms with Gasteiger partial charge in [-0.25, -0.2) is 0 Å². The van der Waals surface area contributed by atoms with Crippen LogP contribution >= 0.6 is 0 Å². The maximum atomic E-state index is 6.50. The topological polar surface area (TPSA) is 21.3 Å². The molecule has 0 aliphatic rings.